The van der Waals surface area contributed by atoms with E-state index in [4.69, 9.17) is 9.97 Å². The molecule has 2 heterocycles. The van der Waals surface area contributed by atoms with Crippen molar-refractivity contribution in [2.45, 2.75) is 13.1 Å². The van der Waals surface area contributed by atoms with Crippen LogP contribution in [0.25, 0.3) is 22.3 Å². The number of quaternary nitrogens is 1. The van der Waals surface area contributed by atoms with E-state index >= 15 is 0 Å². The molecule has 2 aromatic heterocycles. The van der Waals surface area contributed by atoms with E-state index in [0.29, 0.717) is 5.82 Å². The zero-order valence-electron chi connectivity index (χ0n) is 16.2. The fourth-order valence-electron chi connectivity index (χ4n) is 3.30. The van der Waals surface area contributed by atoms with Gasteiger partial charge in [0.15, 0.2) is 5.82 Å². The molecule has 0 amide bonds. The van der Waals surface area contributed by atoms with Crippen molar-refractivity contribution in [1.29, 1.82) is 0 Å². The molecule has 0 aliphatic rings. The van der Waals surface area contributed by atoms with Gasteiger partial charge in [0, 0.05) is 35.5 Å². The summed E-state index contributed by atoms with van der Waals surface area (Å²) in [5.74, 6) is 1.52. The maximum Gasteiger partial charge on any atom is 0.163 e. The molecule has 5 nitrogen and oxygen atoms in total. The molecule has 0 spiro atoms. The molecule has 0 fully saturated rings. The van der Waals surface area contributed by atoms with Crippen LogP contribution in [0.1, 0.15) is 11.1 Å². The molecule has 0 radical (unpaired) electrons. The summed E-state index contributed by atoms with van der Waals surface area (Å²) in [5.41, 5.74) is 4.47. The first-order valence-electron chi connectivity index (χ1n) is 9.47. The van der Waals surface area contributed by atoms with E-state index in [1.165, 1.54) is 16.0 Å². The molecule has 0 saturated carbocycles. The van der Waals surface area contributed by atoms with Crippen molar-refractivity contribution in [3.05, 3.63) is 84.2 Å². The van der Waals surface area contributed by atoms with Crippen LogP contribution in [-0.4, -0.2) is 29.0 Å². The highest BCUT2D eigenvalue weighted by atomic mass is 15.1. The van der Waals surface area contributed by atoms with Gasteiger partial charge in [-0.3, -0.25) is 4.98 Å². The van der Waals surface area contributed by atoms with Crippen LogP contribution in [0.2, 0.25) is 0 Å². The number of hydrogen-bond donors (Lipinski definition) is 2. The molecule has 0 aliphatic carbocycles. The minimum absolute atomic E-state index is 0.681. The predicted molar refractivity (Wildman–Crippen MR) is 113 cm³/mol. The van der Waals surface area contributed by atoms with E-state index in [0.717, 1.165) is 35.4 Å². The second-order valence-electron chi connectivity index (χ2n) is 7.16. The maximum atomic E-state index is 4.81. The third kappa shape index (κ3) is 4.00. The van der Waals surface area contributed by atoms with E-state index in [9.17, 15) is 0 Å². The fourth-order valence-corrected chi connectivity index (χ4v) is 3.30. The monoisotopic (exact) mass is 370 g/mol. The van der Waals surface area contributed by atoms with Crippen molar-refractivity contribution >= 4 is 16.7 Å². The lowest BCUT2D eigenvalue weighted by Crippen LogP contribution is -3.04. The Morgan fingerprint density at radius 3 is 2.43 bits per heavy atom. The Hall–Kier alpha value is -3.31. The molecule has 4 rings (SSSR count). The Balaban J connectivity index is 1.69. The molecular weight excluding hydrogens is 346 g/mol. The first-order valence-corrected chi connectivity index (χ1v) is 9.47. The number of rotatable bonds is 6. The van der Waals surface area contributed by atoms with Crippen LogP contribution in [0.15, 0.2) is 73.1 Å². The largest absolute Gasteiger partial charge is 0.365 e. The molecule has 0 bridgehead atoms. The Bertz CT molecular complexity index is 1080. The predicted octanol–water partition coefficient (Wildman–Crippen LogP) is 2.95. The fraction of sp³-hybridized carbons (Fsp3) is 0.174. The molecule has 4 aromatic rings. The number of aromatic nitrogens is 3. The summed E-state index contributed by atoms with van der Waals surface area (Å²) < 4.78 is 0. The van der Waals surface area contributed by atoms with Crippen molar-refractivity contribution in [2.24, 2.45) is 0 Å². The molecule has 140 valence electrons. The van der Waals surface area contributed by atoms with Crippen LogP contribution >= 0.6 is 0 Å². The van der Waals surface area contributed by atoms with Crippen LogP contribution in [0.3, 0.4) is 0 Å². The van der Waals surface area contributed by atoms with Gasteiger partial charge >= 0.3 is 0 Å². The van der Waals surface area contributed by atoms with E-state index in [1.54, 1.807) is 12.4 Å². The van der Waals surface area contributed by atoms with Crippen LogP contribution in [0.5, 0.6) is 0 Å². The summed E-state index contributed by atoms with van der Waals surface area (Å²) >= 11 is 0. The summed E-state index contributed by atoms with van der Waals surface area (Å²) in [5, 5.41) is 4.57. The molecule has 2 aromatic carbocycles. The lowest BCUT2D eigenvalue weighted by molar-refractivity contribution is -0.872. The number of hydrogen-bond acceptors (Lipinski definition) is 4. The number of fused-ring (bicyclic) bond motifs is 1. The number of benzene rings is 2. The van der Waals surface area contributed by atoms with Crippen molar-refractivity contribution < 1.29 is 4.90 Å². The van der Waals surface area contributed by atoms with Gasteiger partial charge in [-0.25, -0.2) is 9.97 Å². The molecule has 2 N–H and O–H groups in total. The van der Waals surface area contributed by atoms with E-state index in [-0.39, 0.29) is 0 Å². The summed E-state index contributed by atoms with van der Waals surface area (Å²) in [7, 11) is 4.34. The molecule has 0 atom stereocenters. The molecule has 0 unspecified atom stereocenters. The molecule has 28 heavy (non-hydrogen) atoms. The number of para-hydroxylation sites is 1. The summed E-state index contributed by atoms with van der Waals surface area (Å²) in [6, 6.07) is 20.5. The third-order valence-electron chi connectivity index (χ3n) is 4.63. The third-order valence-corrected chi connectivity index (χ3v) is 4.63. The summed E-state index contributed by atoms with van der Waals surface area (Å²) in [6.07, 6.45) is 3.55. The van der Waals surface area contributed by atoms with Crippen LogP contribution in [-0.2, 0) is 13.1 Å². The van der Waals surface area contributed by atoms with E-state index in [2.05, 4.69) is 54.7 Å². The van der Waals surface area contributed by atoms with Gasteiger partial charge in [0.05, 0.1) is 19.6 Å². The second kappa shape index (κ2) is 8.15. The second-order valence-corrected chi connectivity index (χ2v) is 7.16. The van der Waals surface area contributed by atoms with Gasteiger partial charge in [0.2, 0.25) is 0 Å². The number of nitrogens with zero attached hydrogens (tertiary/aromatic N) is 3. The zero-order chi connectivity index (χ0) is 19.3. The first-order chi connectivity index (χ1) is 13.7. The van der Waals surface area contributed by atoms with Gasteiger partial charge in [-0.2, -0.15) is 0 Å². The SMILES string of the molecule is C[NH+](C)Cc1ccccc1CNc1nc(-c2cccnc2)nc2ccccc12. The minimum atomic E-state index is 0.681. The molecule has 5 heteroatoms. The van der Waals surface area contributed by atoms with E-state index < -0.39 is 0 Å². The highest BCUT2D eigenvalue weighted by Gasteiger charge is 2.11. The van der Waals surface area contributed by atoms with Gasteiger partial charge in [-0.1, -0.05) is 36.4 Å². The zero-order valence-corrected chi connectivity index (χ0v) is 16.2. The Morgan fingerprint density at radius 2 is 1.64 bits per heavy atom. The smallest absolute Gasteiger partial charge is 0.163 e. The van der Waals surface area contributed by atoms with Crippen LogP contribution in [0, 0.1) is 0 Å². The van der Waals surface area contributed by atoms with E-state index in [1.807, 2.05) is 30.3 Å². The highest BCUT2D eigenvalue weighted by molar-refractivity contribution is 5.90. The Kier molecular flexibility index (Phi) is 5.26. The minimum Gasteiger partial charge on any atom is -0.365 e. The van der Waals surface area contributed by atoms with Gasteiger partial charge < -0.3 is 10.2 Å². The average Bonchev–Trinajstić information content (AvgIpc) is 2.73. The van der Waals surface area contributed by atoms with Gasteiger partial charge in [-0.05, 0) is 29.8 Å². The molecular formula is C23H24N5+. The lowest BCUT2D eigenvalue weighted by atomic mass is 10.1. The number of nitrogens with one attached hydrogen (secondary N) is 2. The van der Waals surface area contributed by atoms with Gasteiger partial charge in [-0.15, -0.1) is 0 Å². The standard InChI is InChI=1S/C23H23N5/c1-28(2)16-19-9-4-3-8-17(19)15-25-23-20-11-5-6-12-21(20)26-22(27-23)18-10-7-13-24-14-18/h3-14H,15-16H2,1-2H3,(H,25,26,27)/p+1. The Labute approximate surface area is 165 Å². The van der Waals surface area contributed by atoms with Gasteiger partial charge in [0.25, 0.3) is 0 Å². The molecule has 0 saturated heterocycles. The van der Waals surface area contributed by atoms with Gasteiger partial charge in [0.1, 0.15) is 12.4 Å². The lowest BCUT2D eigenvalue weighted by Gasteiger charge is -2.14. The van der Waals surface area contributed by atoms with Crippen LogP contribution in [0.4, 0.5) is 5.82 Å². The number of anilines is 1. The normalized spacial score (nSPS) is 11.1. The van der Waals surface area contributed by atoms with Crippen molar-refractivity contribution in [3.8, 4) is 11.4 Å². The summed E-state index contributed by atoms with van der Waals surface area (Å²) in [4.78, 5) is 15.1. The first kappa shape index (κ1) is 18.1. The van der Waals surface area contributed by atoms with Crippen molar-refractivity contribution in [2.75, 3.05) is 19.4 Å². The maximum absolute atomic E-state index is 4.81. The quantitative estimate of drug-likeness (QED) is 0.548. The van der Waals surface area contributed by atoms with Crippen molar-refractivity contribution in [3.63, 3.8) is 0 Å². The number of pyridine rings is 1. The van der Waals surface area contributed by atoms with Crippen molar-refractivity contribution in [1.82, 2.24) is 15.0 Å². The Morgan fingerprint density at radius 1 is 0.857 bits per heavy atom. The highest BCUT2D eigenvalue weighted by Crippen LogP contribution is 2.25. The summed E-state index contributed by atoms with van der Waals surface area (Å²) in [6.45, 7) is 1.71. The van der Waals surface area contributed by atoms with Crippen LogP contribution < -0.4 is 10.2 Å². The average molecular weight is 370 g/mol. The topological polar surface area (TPSA) is 55.1 Å². The molecule has 0 aliphatic heterocycles.